The van der Waals surface area contributed by atoms with Gasteiger partial charge in [0.15, 0.2) is 0 Å². The van der Waals surface area contributed by atoms with Gasteiger partial charge in [0.05, 0.1) is 4.90 Å². The molecule has 2 aromatic rings. The fourth-order valence-corrected chi connectivity index (χ4v) is 3.65. The lowest BCUT2D eigenvalue weighted by Crippen LogP contribution is -2.25. The molecule has 0 saturated heterocycles. The van der Waals surface area contributed by atoms with Crippen LogP contribution in [-0.2, 0) is 20.7 Å². The molecule has 0 aliphatic heterocycles. The quantitative estimate of drug-likeness (QED) is 0.594. The van der Waals surface area contributed by atoms with Crippen LogP contribution in [0.2, 0.25) is 0 Å². The molecule has 0 heterocycles. The highest BCUT2D eigenvalue weighted by Crippen LogP contribution is 2.29. The van der Waals surface area contributed by atoms with Crippen molar-refractivity contribution in [3.05, 3.63) is 77.4 Å². The summed E-state index contributed by atoms with van der Waals surface area (Å²) in [4.78, 5) is 0.209. The Morgan fingerprint density at radius 1 is 1.04 bits per heavy atom. The summed E-state index contributed by atoms with van der Waals surface area (Å²) in [7, 11) is -3.76. The number of allylic oxidation sites excluding steroid dienone is 1. The van der Waals surface area contributed by atoms with Crippen molar-refractivity contribution in [3.63, 3.8) is 0 Å². The number of hydrogen-bond acceptors (Lipinski definition) is 3. The summed E-state index contributed by atoms with van der Waals surface area (Å²) >= 11 is 0. The highest BCUT2D eigenvalue weighted by molar-refractivity contribution is 7.86. The van der Waals surface area contributed by atoms with E-state index in [4.69, 9.17) is 4.18 Å². The molecule has 4 heteroatoms. The van der Waals surface area contributed by atoms with Crippen molar-refractivity contribution < 1.29 is 12.6 Å². The molecule has 1 atom stereocenters. The number of rotatable bonds is 6. The Hall–Kier alpha value is -1.91. The van der Waals surface area contributed by atoms with E-state index in [1.54, 1.807) is 24.3 Å². The van der Waals surface area contributed by atoms with Crippen LogP contribution < -0.4 is 0 Å². The highest BCUT2D eigenvalue weighted by Gasteiger charge is 2.27. The van der Waals surface area contributed by atoms with Crippen LogP contribution in [0, 0.1) is 6.92 Å². The number of aryl methyl sites for hydroxylation is 1. The zero-order chi connectivity index (χ0) is 16.3. The summed E-state index contributed by atoms with van der Waals surface area (Å²) in [5.74, 6) is 0. The van der Waals surface area contributed by atoms with E-state index >= 15 is 0 Å². The zero-order valence-electron chi connectivity index (χ0n) is 13.1. The van der Waals surface area contributed by atoms with Gasteiger partial charge in [-0.1, -0.05) is 54.1 Å². The molecule has 2 aromatic carbocycles. The van der Waals surface area contributed by atoms with Gasteiger partial charge in [-0.05, 0) is 43.0 Å². The third kappa shape index (κ3) is 3.89. The summed E-state index contributed by atoms with van der Waals surface area (Å²) in [6.45, 7) is 1.93. The second kappa shape index (κ2) is 6.69. The van der Waals surface area contributed by atoms with Crippen LogP contribution in [-0.4, -0.2) is 14.5 Å². The van der Waals surface area contributed by atoms with E-state index < -0.39 is 16.2 Å². The normalized spacial score (nSPS) is 15.6. The summed E-state index contributed by atoms with van der Waals surface area (Å²) in [6, 6.07) is 16.6. The molecule has 1 aliphatic carbocycles. The lowest BCUT2D eigenvalue weighted by atomic mass is 9.90. The van der Waals surface area contributed by atoms with Crippen LogP contribution in [0.15, 0.2) is 71.1 Å². The fourth-order valence-electron chi connectivity index (χ4n) is 2.57. The Bertz CT molecular complexity index is 790. The van der Waals surface area contributed by atoms with Gasteiger partial charge in [-0.15, -0.1) is 0 Å². The van der Waals surface area contributed by atoms with Crippen molar-refractivity contribution in [2.24, 2.45) is 0 Å². The zero-order valence-corrected chi connectivity index (χ0v) is 13.9. The van der Waals surface area contributed by atoms with Gasteiger partial charge in [0.1, 0.15) is 6.10 Å². The molecule has 0 spiro atoms. The average molecular weight is 328 g/mol. The molecular weight excluding hydrogens is 308 g/mol. The number of benzene rings is 2. The van der Waals surface area contributed by atoms with Crippen molar-refractivity contribution in [2.75, 3.05) is 0 Å². The monoisotopic (exact) mass is 328 g/mol. The molecule has 1 aliphatic rings. The molecule has 23 heavy (non-hydrogen) atoms. The first kappa shape index (κ1) is 16.0. The van der Waals surface area contributed by atoms with Crippen molar-refractivity contribution >= 4 is 10.1 Å². The SMILES string of the molecule is Cc1ccc(S(=O)(=O)OC(Cc2ccccc2)C2=CCC2)cc1. The topological polar surface area (TPSA) is 43.4 Å². The Balaban J connectivity index is 1.82. The molecule has 3 nitrogen and oxygen atoms in total. The van der Waals surface area contributed by atoms with Gasteiger partial charge in [0.2, 0.25) is 0 Å². The standard InChI is InChI=1S/C19H20O3S/c1-15-10-12-18(13-11-15)23(20,21)22-19(17-8-5-9-17)14-16-6-3-2-4-7-16/h2-4,6-8,10-13,19H,5,9,14H2,1H3. The van der Waals surface area contributed by atoms with Crippen molar-refractivity contribution in [1.29, 1.82) is 0 Å². The van der Waals surface area contributed by atoms with E-state index in [0.717, 1.165) is 29.5 Å². The largest absolute Gasteiger partial charge is 0.297 e. The van der Waals surface area contributed by atoms with E-state index in [9.17, 15) is 8.42 Å². The fraction of sp³-hybridized carbons (Fsp3) is 0.263. The predicted molar refractivity (Wildman–Crippen MR) is 90.7 cm³/mol. The first-order chi connectivity index (χ1) is 11.0. The molecule has 0 aromatic heterocycles. The number of hydrogen-bond donors (Lipinski definition) is 0. The Kier molecular flexibility index (Phi) is 4.64. The maximum atomic E-state index is 12.5. The minimum atomic E-state index is -3.76. The van der Waals surface area contributed by atoms with Gasteiger partial charge < -0.3 is 0 Å². The highest BCUT2D eigenvalue weighted by atomic mass is 32.2. The first-order valence-corrected chi connectivity index (χ1v) is 9.18. The van der Waals surface area contributed by atoms with Gasteiger partial charge in [-0.25, -0.2) is 0 Å². The molecule has 0 bridgehead atoms. The smallest absolute Gasteiger partial charge is 0.258 e. The van der Waals surface area contributed by atoms with Gasteiger partial charge in [-0.3, -0.25) is 4.18 Å². The van der Waals surface area contributed by atoms with Crippen LogP contribution in [0.1, 0.15) is 24.0 Å². The lowest BCUT2D eigenvalue weighted by molar-refractivity contribution is 0.235. The van der Waals surface area contributed by atoms with Crippen molar-refractivity contribution in [3.8, 4) is 0 Å². The average Bonchev–Trinajstić information content (AvgIpc) is 2.46. The van der Waals surface area contributed by atoms with Crippen molar-refractivity contribution in [2.45, 2.75) is 37.2 Å². The van der Waals surface area contributed by atoms with E-state index in [2.05, 4.69) is 6.08 Å². The molecule has 1 unspecified atom stereocenters. The molecule has 0 N–H and O–H groups in total. The van der Waals surface area contributed by atoms with Crippen LogP contribution in [0.4, 0.5) is 0 Å². The van der Waals surface area contributed by atoms with Crippen LogP contribution >= 0.6 is 0 Å². The Labute approximate surface area is 137 Å². The van der Waals surface area contributed by atoms with Crippen LogP contribution in [0.25, 0.3) is 0 Å². The summed E-state index contributed by atoms with van der Waals surface area (Å²) in [6.07, 6.45) is 4.11. The molecule has 0 amide bonds. The Morgan fingerprint density at radius 3 is 2.26 bits per heavy atom. The predicted octanol–water partition coefficient (Wildman–Crippen LogP) is 4.03. The molecule has 120 valence electrons. The molecular formula is C19H20O3S. The molecule has 3 rings (SSSR count). The van der Waals surface area contributed by atoms with Gasteiger partial charge in [0, 0.05) is 6.42 Å². The second-order valence-corrected chi connectivity index (χ2v) is 7.43. The summed E-state index contributed by atoms with van der Waals surface area (Å²) in [5, 5.41) is 0. The van der Waals surface area contributed by atoms with Crippen molar-refractivity contribution in [1.82, 2.24) is 0 Å². The maximum absolute atomic E-state index is 12.5. The van der Waals surface area contributed by atoms with Gasteiger partial charge in [0.25, 0.3) is 10.1 Å². The summed E-state index contributed by atoms with van der Waals surface area (Å²) < 4.78 is 30.7. The van der Waals surface area contributed by atoms with Crippen LogP contribution in [0.5, 0.6) is 0 Å². The first-order valence-electron chi connectivity index (χ1n) is 7.77. The van der Waals surface area contributed by atoms with Crippen LogP contribution in [0.3, 0.4) is 0 Å². The third-order valence-electron chi connectivity index (χ3n) is 4.07. The molecule has 0 saturated carbocycles. The second-order valence-electron chi connectivity index (χ2n) is 5.86. The third-order valence-corrected chi connectivity index (χ3v) is 5.40. The molecule has 0 fully saturated rings. The van der Waals surface area contributed by atoms with E-state index in [-0.39, 0.29) is 4.90 Å². The summed E-state index contributed by atoms with van der Waals surface area (Å²) in [5.41, 5.74) is 3.17. The minimum Gasteiger partial charge on any atom is -0.258 e. The lowest BCUT2D eigenvalue weighted by Gasteiger charge is -2.25. The van der Waals surface area contributed by atoms with E-state index in [0.29, 0.717) is 6.42 Å². The minimum absolute atomic E-state index is 0.209. The Morgan fingerprint density at radius 2 is 1.70 bits per heavy atom. The van der Waals surface area contributed by atoms with Gasteiger partial charge >= 0.3 is 0 Å². The van der Waals surface area contributed by atoms with E-state index in [1.165, 1.54) is 0 Å². The van der Waals surface area contributed by atoms with E-state index in [1.807, 2.05) is 37.3 Å². The van der Waals surface area contributed by atoms with Gasteiger partial charge in [-0.2, -0.15) is 8.42 Å². The molecule has 0 radical (unpaired) electrons. The maximum Gasteiger partial charge on any atom is 0.297 e.